The van der Waals surface area contributed by atoms with Crippen LogP contribution in [0.1, 0.15) is 25.7 Å². The molecule has 3 heteroatoms. The first-order valence-corrected chi connectivity index (χ1v) is 3.16. The third-order valence-electron chi connectivity index (χ3n) is 1.40. The summed E-state index contributed by atoms with van der Waals surface area (Å²) in [6.07, 6.45) is 4.18. The van der Waals surface area contributed by atoms with Gasteiger partial charge in [0.2, 0.25) is 5.91 Å². The molecule has 9 heavy (non-hydrogen) atoms. The fourth-order valence-electron chi connectivity index (χ4n) is 0.904. The van der Waals surface area contributed by atoms with E-state index in [9.17, 15) is 4.79 Å². The van der Waals surface area contributed by atoms with Crippen molar-refractivity contribution >= 4 is 24.8 Å². The van der Waals surface area contributed by atoms with Crippen LogP contribution in [0.25, 0.3) is 0 Å². The summed E-state index contributed by atoms with van der Waals surface area (Å²) in [4.78, 5) is 10.6. The zero-order valence-electron chi connectivity index (χ0n) is 5.94. The second-order valence-corrected chi connectivity index (χ2v) is 2.16. The van der Waals surface area contributed by atoms with Gasteiger partial charge in [-0.1, -0.05) is 6.42 Å². The molecule has 1 aliphatic heterocycles. The van der Waals surface area contributed by atoms with Crippen molar-refractivity contribution in [3.8, 4) is 0 Å². The molecule has 0 saturated carbocycles. The molecular weight excluding hydrogens is 109 g/mol. The van der Waals surface area contributed by atoms with E-state index in [4.69, 9.17) is 0 Å². The van der Waals surface area contributed by atoms with E-state index in [-0.39, 0.29) is 24.8 Å². The van der Waals surface area contributed by atoms with Crippen molar-refractivity contribution in [3.05, 3.63) is 0 Å². The van der Waals surface area contributed by atoms with Crippen molar-refractivity contribution in [3.63, 3.8) is 0 Å². The number of rotatable bonds is 0. The maximum atomic E-state index is 10.6. The zero-order valence-corrected chi connectivity index (χ0v) is 5.94. The first-order valence-electron chi connectivity index (χ1n) is 3.16. The first-order chi connectivity index (χ1) is 3.89. The Bertz CT molecular complexity index is 85.1. The van der Waals surface area contributed by atoms with Crippen LogP contribution in [0, 0.1) is 0 Å². The molecule has 0 spiro atoms. The van der Waals surface area contributed by atoms with Gasteiger partial charge in [-0.2, -0.15) is 0 Å². The topological polar surface area (TPSA) is 29.1 Å². The average molecular weight is 120 g/mol. The molecule has 0 atom stereocenters. The van der Waals surface area contributed by atoms with Crippen molar-refractivity contribution < 1.29 is 4.79 Å². The molecule has 1 amide bonds. The van der Waals surface area contributed by atoms with E-state index in [1.165, 1.54) is 6.42 Å². The summed E-state index contributed by atoms with van der Waals surface area (Å²) in [7, 11) is 0. The molecule has 1 N–H and O–H groups in total. The molecule has 0 bridgehead atoms. The van der Waals surface area contributed by atoms with Crippen LogP contribution in [-0.4, -0.2) is 31.3 Å². The van der Waals surface area contributed by atoms with Crippen molar-refractivity contribution in [1.82, 2.24) is 5.32 Å². The van der Waals surface area contributed by atoms with E-state index >= 15 is 0 Å². The third kappa shape index (κ3) is 3.61. The number of carbonyl (C=O) groups is 1. The van der Waals surface area contributed by atoms with Crippen molar-refractivity contribution in [2.75, 3.05) is 6.54 Å². The van der Waals surface area contributed by atoms with E-state index in [2.05, 4.69) is 5.32 Å². The predicted octanol–water partition coefficient (Wildman–Crippen LogP) is 0.296. The Hall–Kier alpha value is 0.0674. The molecule has 1 heterocycles. The minimum Gasteiger partial charge on any atom is -0.356 e. The van der Waals surface area contributed by atoms with Crippen LogP contribution in [-0.2, 0) is 4.79 Å². The summed E-state index contributed by atoms with van der Waals surface area (Å²) in [5.41, 5.74) is 0. The fourth-order valence-corrected chi connectivity index (χ4v) is 0.904. The monoisotopic (exact) mass is 120 g/mol. The smallest absolute Gasteiger partial charge is 0.219 e. The maximum Gasteiger partial charge on any atom is 0.219 e. The Balaban J connectivity index is 0.000000640. The zero-order chi connectivity index (χ0) is 5.82. The predicted molar refractivity (Wildman–Crippen MR) is 37.2 cm³/mol. The van der Waals surface area contributed by atoms with Crippen LogP contribution < -0.4 is 5.32 Å². The summed E-state index contributed by atoms with van der Waals surface area (Å²) in [6, 6.07) is 0. The Morgan fingerprint density at radius 2 is 2.00 bits per heavy atom. The van der Waals surface area contributed by atoms with Crippen molar-refractivity contribution in [1.29, 1.82) is 0 Å². The molecule has 0 unspecified atom stereocenters. The van der Waals surface area contributed by atoms with Gasteiger partial charge in [0.15, 0.2) is 0 Å². The van der Waals surface area contributed by atoms with Gasteiger partial charge in [-0.15, -0.1) is 0 Å². The summed E-state index contributed by atoms with van der Waals surface area (Å²) in [5.74, 6) is 0.225. The van der Waals surface area contributed by atoms with Gasteiger partial charge in [0.25, 0.3) is 0 Å². The van der Waals surface area contributed by atoms with Gasteiger partial charge in [-0.3, -0.25) is 4.79 Å². The molecule has 2 nitrogen and oxygen atoms in total. The van der Waals surface area contributed by atoms with Crippen LogP contribution >= 0.6 is 0 Å². The van der Waals surface area contributed by atoms with E-state index in [1.807, 2.05) is 0 Å². The average Bonchev–Trinajstić information content (AvgIpc) is 1.94. The molecule has 1 rings (SSSR count). The van der Waals surface area contributed by atoms with E-state index in [0.717, 1.165) is 25.8 Å². The van der Waals surface area contributed by atoms with E-state index in [0.29, 0.717) is 0 Å². The van der Waals surface area contributed by atoms with Gasteiger partial charge < -0.3 is 5.32 Å². The Morgan fingerprint density at radius 1 is 1.22 bits per heavy atom. The molecule has 47 valence electrons. The van der Waals surface area contributed by atoms with Gasteiger partial charge in [-0.05, 0) is 12.8 Å². The Kier molecular flexibility index (Phi) is 4.94. The van der Waals surface area contributed by atoms with Crippen molar-refractivity contribution in [2.45, 2.75) is 25.7 Å². The van der Waals surface area contributed by atoms with Crippen LogP contribution in [0.5, 0.6) is 0 Å². The number of carbonyl (C=O) groups excluding carboxylic acids is 1. The molecular formula is C6H11LiNO. The number of nitrogens with one attached hydrogen (secondary N) is 1. The van der Waals surface area contributed by atoms with E-state index in [1.54, 1.807) is 0 Å². The third-order valence-corrected chi connectivity index (χ3v) is 1.40. The summed E-state index contributed by atoms with van der Waals surface area (Å²) >= 11 is 0. The number of hydrogen-bond acceptors (Lipinski definition) is 1. The Labute approximate surface area is 67.6 Å². The van der Waals surface area contributed by atoms with Gasteiger partial charge >= 0.3 is 0 Å². The number of amides is 1. The molecule has 1 fully saturated rings. The Morgan fingerprint density at radius 3 is 2.78 bits per heavy atom. The van der Waals surface area contributed by atoms with E-state index < -0.39 is 0 Å². The van der Waals surface area contributed by atoms with Gasteiger partial charge in [0, 0.05) is 31.8 Å². The molecule has 1 aliphatic rings. The van der Waals surface area contributed by atoms with Crippen LogP contribution in [0.15, 0.2) is 0 Å². The first kappa shape index (κ1) is 9.07. The largest absolute Gasteiger partial charge is 0.356 e. The summed E-state index contributed by atoms with van der Waals surface area (Å²) in [6.45, 7) is 0.888. The van der Waals surface area contributed by atoms with Gasteiger partial charge in [0.1, 0.15) is 0 Å². The quantitative estimate of drug-likeness (QED) is 0.457. The summed E-state index contributed by atoms with van der Waals surface area (Å²) in [5, 5.41) is 2.81. The normalized spacial score (nSPS) is 19.3. The van der Waals surface area contributed by atoms with Crippen LogP contribution in [0.2, 0.25) is 0 Å². The molecule has 1 saturated heterocycles. The fraction of sp³-hybridized carbons (Fsp3) is 0.833. The second kappa shape index (κ2) is 4.90. The summed E-state index contributed by atoms with van der Waals surface area (Å²) < 4.78 is 0. The standard InChI is InChI=1S/C6H11NO.Li/c8-6-4-2-1-3-5-7-6;/h1-5H2,(H,7,8);. The molecule has 0 aromatic carbocycles. The molecule has 0 aromatic rings. The molecule has 0 aliphatic carbocycles. The minimum atomic E-state index is 0. The van der Waals surface area contributed by atoms with Gasteiger partial charge in [-0.25, -0.2) is 0 Å². The molecule has 1 radical (unpaired) electrons. The van der Waals surface area contributed by atoms with Gasteiger partial charge in [0.05, 0.1) is 0 Å². The van der Waals surface area contributed by atoms with Crippen LogP contribution in [0.3, 0.4) is 0 Å². The number of hydrogen-bond donors (Lipinski definition) is 1. The maximum absolute atomic E-state index is 10.6. The molecule has 0 aromatic heterocycles. The minimum absolute atomic E-state index is 0. The SMILES string of the molecule is O=C1CCCCCN1.[Li]. The second-order valence-electron chi connectivity index (χ2n) is 2.16. The van der Waals surface area contributed by atoms with Crippen molar-refractivity contribution in [2.24, 2.45) is 0 Å². The van der Waals surface area contributed by atoms with Crippen LogP contribution in [0.4, 0.5) is 0 Å².